The third-order valence-electron chi connectivity index (χ3n) is 4.35. The molecule has 2 fully saturated rings. The predicted molar refractivity (Wildman–Crippen MR) is 86.1 cm³/mol. The van der Waals surface area contributed by atoms with Crippen LogP contribution in [0.25, 0.3) is 0 Å². The van der Waals surface area contributed by atoms with Crippen LogP contribution in [0.4, 0.5) is 10.6 Å². The Morgan fingerprint density at radius 3 is 2.78 bits per heavy atom. The van der Waals surface area contributed by atoms with Crippen LogP contribution in [0.15, 0.2) is 18.3 Å². The molecule has 23 heavy (non-hydrogen) atoms. The first-order valence-electron chi connectivity index (χ1n) is 8.09. The maximum absolute atomic E-state index is 12.7. The Morgan fingerprint density at radius 1 is 1.35 bits per heavy atom. The molecule has 2 aliphatic rings. The molecule has 0 saturated carbocycles. The van der Waals surface area contributed by atoms with Crippen LogP contribution in [-0.2, 0) is 9.53 Å². The molecule has 3 heterocycles. The smallest absolute Gasteiger partial charge is 0.415 e. The van der Waals surface area contributed by atoms with Crippen molar-refractivity contribution in [2.75, 3.05) is 24.6 Å². The first kappa shape index (κ1) is 15.8. The van der Waals surface area contributed by atoms with E-state index in [9.17, 15) is 9.59 Å². The normalized spacial score (nSPS) is 21.7. The Balaban J connectivity index is 1.86. The van der Waals surface area contributed by atoms with E-state index in [1.807, 2.05) is 37.8 Å². The van der Waals surface area contributed by atoms with Crippen LogP contribution >= 0.6 is 0 Å². The Hall–Kier alpha value is -2.11. The monoisotopic (exact) mass is 317 g/mol. The average molecular weight is 317 g/mol. The second-order valence-electron chi connectivity index (χ2n) is 7.12. The van der Waals surface area contributed by atoms with Crippen molar-refractivity contribution in [2.45, 2.75) is 39.7 Å². The first-order valence-corrected chi connectivity index (χ1v) is 8.09. The number of carbonyl (C=O) groups excluding carboxylic acids is 2. The van der Waals surface area contributed by atoms with Gasteiger partial charge in [0, 0.05) is 18.2 Å². The molecule has 6 nitrogen and oxygen atoms in total. The number of likely N-dealkylation sites (tertiary alicyclic amines) is 1. The first-order chi connectivity index (χ1) is 10.9. The van der Waals surface area contributed by atoms with E-state index in [1.165, 1.54) is 4.90 Å². The Morgan fingerprint density at radius 2 is 2.13 bits per heavy atom. The summed E-state index contributed by atoms with van der Waals surface area (Å²) in [5.74, 6) is 0.763. The van der Waals surface area contributed by atoms with Crippen molar-refractivity contribution in [2.24, 2.45) is 5.41 Å². The highest BCUT2D eigenvalue weighted by Gasteiger charge is 2.36. The van der Waals surface area contributed by atoms with Crippen molar-refractivity contribution in [3.8, 4) is 0 Å². The molecule has 0 unspecified atom stereocenters. The van der Waals surface area contributed by atoms with Crippen LogP contribution in [-0.4, -0.2) is 41.6 Å². The summed E-state index contributed by atoms with van der Waals surface area (Å²) in [6, 6.07) is 3.90. The van der Waals surface area contributed by atoms with Crippen molar-refractivity contribution in [1.82, 2.24) is 9.88 Å². The van der Waals surface area contributed by atoms with Gasteiger partial charge in [-0.25, -0.2) is 9.78 Å². The van der Waals surface area contributed by atoms with E-state index >= 15 is 0 Å². The molecule has 0 radical (unpaired) electrons. The highest BCUT2D eigenvalue weighted by atomic mass is 16.6. The number of ether oxygens (including phenoxy) is 1. The summed E-state index contributed by atoms with van der Waals surface area (Å²) in [7, 11) is 0. The van der Waals surface area contributed by atoms with Crippen LogP contribution in [0.5, 0.6) is 0 Å². The number of hydrogen-bond donors (Lipinski definition) is 0. The summed E-state index contributed by atoms with van der Waals surface area (Å²) in [6.45, 7) is 7.53. The quantitative estimate of drug-likeness (QED) is 0.841. The van der Waals surface area contributed by atoms with Crippen molar-refractivity contribution in [3.63, 3.8) is 0 Å². The van der Waals surface area contributed by atoms with E-state index in [0.29, 0.717) is 19.0 Å². The minimum atomic E-state index is -0.392. The number of rotatable bonds is 2. The van der Waals surface area contributed by atoms with E-state index in [-0.39, 0.29) is 18.0 Å². The van der Waals surface area contributed by atoms with Gasteiger partial charge in [0.1, 0.15) is 12.4 Å². The van der Waals surface area contributed by atoms with Crippen LogP contribution in [0, 0.1) is 5.41 Å². The second kappa shape index (κ2) is 5.83. The summed E-state index contributed by atoms with van der Waals surface area (Å²) in [5.41, 5.74) is 0.641. The Bertz CT molecular complexity index is 624. The van der Waals surface area contributed by atoms with Crippen LogP contribution in [0.2, 0.25) is 0 Å². The number of cyclic esters (lactones) is 1. The van der Waals surface area contributed by atoms with Gasteiger partial charge in [-0.05, 0) is 30.5 Å². The number of nitrogens with zero attached hydrogens (tertiary/aromatic N) is 3. The maximum atomic E-state index is 12.7. The summed E-state index contributed by atoms with van der Waals surface area (Å²) in [4.78, 5) is 32.2. The van der Waals surface area contributed by atoms with Gasteiger partial charge in [0.05, 0.1) is 12.6 Å². The average Bonchev–Trinajstić information content (AvgIpc) is 3.14. The predicted octanol–water partition coefficient (Wildman–Crippen LogP) is 2.75. The highest BCUT2D eigenvalue weighted by molar-refractivity contribution is 5.88. The van der Waals surface area contributed by atoms with Crippen molar-refractivity contribution in [1.29, 1.82) is 0 Å². The lowest BCUT2D eigenvalue weighted by molar-refractivity contribution is -0.140. The zero-order valence-electron chi connectivity index (χ0n) is 13.9. The lowest BCUT2D eigenvalue weighted by Gasteiger charge is -2.31. The molecule has 1 aromatic heterocycles. The fraction of sp³-hybridized carbons (Fsp3) is 0.588. The minimum Gasteiger partial charge on any atom is -0.447 e. The molecular formula is C17H23N3O3. The molecule has 6 heteroatoms. The number of amides is 2. The molecular weight excluding hydrogens is 294 g/mol. The molecule has 0 spiro atoms. The van der Waals surface area contributed by atoms with Gasteiger partial charge in [-0.3, -0.25) is 9.69 Å². The van der Waals surface area contributed by atoms with Gasteiger partial charge in [-0.2, -0.15) is 0 Å². The van der Waals surface area contributed by atoms with E-state index < -0.39 is 5.41 Å². The maximum Gasteiger partial charge on any atom is 0.415 e. The third-order valence-corrected chi connectivity index (χ3v) is 4.35. The van der Waals surface area contributed by atoms with Crippen LogP contribution in [0.1, 0.15) is 45.2 Å². The van der Waals surface area contributed by atoms with Gasteiger partial charge >= 0.3 is 6.09 Å². The molecule has 1 atom stereocenters. The van der Waals surface area contributed by atoms with Gasteiger partial charge < -0.3 is 9.64 Å². The minimum absolute atomic E-state index is 0.0575. The number of anilines is 1. The Labute approximate surface area is 136 Å². The van der Waals surface area contributed by atoms with Gasteiger partial charge in [0.25, 0.3) is 0 Å². The number of aromatic nitrogens is 1. The van der Waals surface area contributed by atoms with E-state index in [4.69, 9.17) is 4.74 Å². The lowest BCUT2D eigenvalue weighted by Crippen LogP contribution is -2.39. The summed E-state index contributed by atoms with van der Waals surface area (Å²) in [6.07, 6.45) is 3.28. The van der Waals surface area contributed by atoms with Crippen molar-refractivity contribution in [3.05, 3.63) is 23.9 Å². The molecule has 2 amide bonds. The molecule has 2 saturated heterocycles. The lowest BCUT2D eigenvalue weighted by atomic mass is 9.93. The third kappa shape index (κ3) is 3.02. The summed E-state index contributed by atoms with van der Waals surface area (Å²) < 4.78 is 4.97. The number of pyridine rings is 1. The second-order valence-corrected chi connectivity index (χ2v) is 7.12. The Kier molecular flexibility index (Phi) is 4.00. The highest BCUT2D eigenvalue weighted by Crippen LogP contribution is 2.36. The number of hydrogen-bond acceptors (Lipinski definition) is 4. The van der Waals surface area contributed by atoms with Crippen LogP contribution < -0.4 is 4.90 Å². The van der Waals surface area contributed by atoms with E-state index in [2.05, 4.69) is 4.98 Å². The van der Waals surface area contributed by atoms with Crippen LogP contribution in [0.3, 0.4) is 0 Å². The van der Waals surface area contributed by atoms with Gasteiger partial charge in [0.2, 0.25) is 5.91 Å². The summed E-state index contributed by atoms with van der Waals surface area (Å²) >= 11 is 0. The molecule has 0 N–H and O–H groups in total. The molecule has 0 aromatic carbocycles. The zero-order valence-corrected chi connectivity index (χ0v) is 13.9. The number of carbonyl (C=O) groups is 2. The van der Waals surface area contributed by atoms with E-state index in [1.54, 1.807) is 6.20 Å². The molecule has 0 bridgehead atoms. The van der Waals surface area contributed by atoms with Crippen molar-refractivity contribution >= 4 is 17.8 Å². The largest absolute Gasteiger partial charge is 0.447 e. The van der Waals surface area contributed by atoms with Gasteiger partial charge in [-0.15, -0.1) is 0 Å². The zero-order chi connectivity index (χ0) is 16.6. The van der Waals surface area contributed by atoms with E-state index in [0.717, 1.165) is 24.9 Å². The molecule has 124 valence electrons. The summed E-state index contributed by atoms with van der Waals surface area (Å²) in [5, 5.41) is 0. The topological polar surface area (TPSA) is 62.7 Å². The SMILES string of the molecule is CC(C)(C)C(=O)N1CCC[C@H]1c1ccnc(N2CCOC2=O)c1. The molecule has 3 rings (SSSR count). The molecule has 2 aliphatic heterocycles. The standard InChI is InChI=1S/C17H23N3O3/c1-17(2,3)15(21)19-8-4-5-13(19)12-6-7-18-14(11-12)20-9-10-23-16(20)22/h6-7,11,13H,4-5,8-10H2,1-3H3/t13-/m0/s1. The molecule has 0 aliphatic carbocycles. The molecule has 1 aromatic rings. The van der Waals surface area contributed by atoms with Gasteiger partial charge in [-0.1, -0.05) is 20.8 Å². The fourth-order valence-electron chi connectivity index (χ4n) is 3.18. The van der Waals surface area contributed by atoms with Gasteiger partial charge in [0.15, 0.2) is 0 Å². The van der Waals surface area contributed by atoms with Crippen molar-refractivity contribution < 1.29 is 14.3 Å². The fourth-order valence-corrected chi connectivity index (χ4v) is 3.18.